The summed E-state index contributed by atoms with van der Waals surface area (Å²) in [5.74, 6) is -1.15. The van der Waals surface area contributed by atoms with Crippen molar-refractivity contribution in [3.05, 3.63) is 24.5 Å². The van der Waals surface area contributed by atoms with Gasteiger partial charge in [-0.2, -0.15) is 9.97 Å². The van der Waals surface area contributed by atoms with Crippen LogP contribution in [0.5, 0.6) is 11.8 Å². The van der Waals surface area contributed by atoms with E-state index in [9.17, 15) is 9.59 Å². The SMILES string of the molecule is Cn1cc(OC(=O)/C=C/C(=O)Oc2cn(C)c(N)n2)nc1N. The Kier molecular flexibility index (Phi) is 4.11. The molecule has 0 aliphatic rings. The smallest absolute Gasteiger partial charge is 0.337 e. The molecule has 0 saturated heterocycles. The molecule has 0 spiro atoms. The van der Waals surface area contributed by atoms with Gasteiger partial charge in [0.05, 0.1) is 12.4 Å². The second-order valence-corrected chi connectivity index (χ2v) is 4.27. The van der Waals surface area contributed by atoms with Crippen molar-refractivity contribution >= 4 is 23.8 Å². The molecule has 0 saturated carbocycles. The largest absolute Gasteiger partial charge is 0.403 e. The standard InChI is InChI=1S/C12H14N6O4/c1-17-5-7(15-11(17)13)21-9(19)3-4-10(20)22-8-6-18(2)12(14)16-8/h3-6H,1-2H3,(H2,13,15)(H2,14,16)/b4-3+. The minimum Gasteiger partial charge on any atom is -0.403 e. The fourth-order valence-corrected chi connectivity index (χ4v) is 1.41. The van der Waals surface area contributed by atoms with E-state index in [2.05, 4.69) is 9.97 Å². The van der Waals surface area contributed by atoms with Crippen LogP contribution in [0.3, 0.4) is 0 Å². The monoisotopic (exact) mass is 306 g/mol. The average Bonchev–Trinajstić information content (AvgIpc) is 2.90. The van der Waals surface area contributed by atoms with Gasteiger partial charge in [0.15, 0.2) is 0 Å². The number of hydrogen-bond donors (Lipinski definition) is 2. The molecule has 0 radical (unpaired) electrons. The van der Waals surface area contributed by atoms with Gasteiger partial charge in [-0.3, -0.25) is 0 Å². The van der Waals surface area contributed by atoms with Gasteiger partial charge < -0.3 is 30.1 Å². The van der Waals surface area contributed by atoms with Crippen molar-refractivity contribution in [1.29, 1.82) is 0 Å². The fraction of sp³-hybridized carbons (Fsp3) is 0.167. The number of nitrogen functional groups attached to an aromatic ring is 2. The zero-order valence-electron chi connectivity index (χ0n) is 11.9. The minimum absolute atomic E-state index is 0.0283. The van der Waals surface area contributed by atoms with Gasteiger partial charge in [0.2, 0.25) is 23.7 Å². The quantitative estimate of drug-likeness (QED) is 0.562. The van der Waals surface area contributed by atoms with Crippen LogP contribution >= 0.6 is 0 Å². The van der Waals surface area contributed by atoms with Gasteiger partial charge in [0, 0.05) is 26.2 Å². The number of aromatic nitrogens is 4. The number of rotatable bonds is 4. The Hall–Kier alpha value is -3.30. The van der Waals surface area contributed by atoms with E-state index in [4.69, 9.17) is 20.9 Å². The molecule has 2 aromatic rings. The number of imidazole rings is 2. The molecule has 0 unspecified atom stereocenters. The van der Waals surface area contributed by atoms with E-state index in [1.54, 1.807) is 14.1 Å². The lowest BCUT2D eigenvalue weighted by molar-refractivity contribution is -0.131. The van der Waals surface area contributed by atoms with Gasteiger partial charge in [-0.1, -0.05) is 0 Å². The van der Waals surface area contributed by atoms with Crippen LogP contribution in [0, 0.1) is 0 Å². The number of esters is 2. The molecule has 22 heavy (non-hydrogen) atoms. The summed E-state index contributed by atoms with van der Waals surface area (Å²) >= 11 is 0. The van der Waals surface area contributed by atoms with Crippen LogP contribution < -0.4 is 20.9 Å². The average molecular weight is 306 g/mol. The number of nitrogens with zero attached hydrogens (tertiary/aromatic N) is 4. The van der Waals surface area contributed by atoms with Crippen LogP contribution in [0.25, 0.3) is 0 Å². The molecule has 2 aromatic heterocycles. The zero-order valence-corrected chi connectivity index (χ0v) is 11.9. The van der Waals surface area contributed by atoms with E-state index < -0.39 is 11.9 Å². The van der Waals surface area contributed by atoms with Crippen LogP contribution in [-0.2, 0) is 23.7 Å². The molecule has 116 valence electrons. The normalized spacial score (nSPS) is 10.8. The molecule has 0 fully saturated rings. The van der Waals surface area contributed by atoms with E-state index in [0.717, 1.165) is 12.2 Å². The molecule has 0 aliphatic carbocycles. The Labute approximate surface area is 124 Å². The Bertz CT molecular complexity index is 644. The van der Waals surface area contributed by atoms with Crippen molar-refractivity contribution in [1.82, 2.24) is 19.1 Å². The summed E-state index contributed by atoms with van der Waals surface area (Å²) in [7, 11) is 3.29. The van der Waals surface area contributed by atoms with Crippen LogP contribution in [0.2, 0.25) is 0 Å². The zero-order chi connectivity index (χ0) is 16.3. The van der Waals surface area contributed by atoms with E-state index in [0.29, 0.717) is 0 Å². The second kappa shape index (κ2) is 5.99. The molecular weight excluding hydrogens is 292 g/mol. The summed E-state index contributed by atoms with van der Waals surface area (Å²) < 4.78 is 12.7. The number of anilines is 2. The lowest BCUT2D eigenvalue weighted by Gasteiger charge is -1.96. The molecule has 0 aliphatic heterocycles. The number of nitrogens with two attached hydrogens (primary N) is 2. The predicted octanol–water partition coefficient (Wildman–Crippen LogP) is -0.615. The van der Waals surface area contributed by atoms with Crippen molar-refractivity contribution in [2.75, 3.05) is 11.5 Å². The molecular formula is C12H14N6O4. The van der Waals surface area contributed by atoms with E-state index in [1.807, 2.05) is 0 Å². The summed E-state index contributed by atoms with van der Waals surface area (Å²) in [5.41, 5.74) is 11.0. The summed E-state index contributed by atoms with van der Waals surface area (Å²) in [5, 5.41) is 0. The lowest BCUT2D eigenvalue weighted by Crippen LogP contribution is -2.08. The van der Waals surface area contributed by atoms with E-state index in [-0.39, 0.29) is 23.7 Å². The molecule has 2 heterocycles. The lowest BCUT2D eigenvalue weighted by atomic mass is 10.5. The summed E-state index contributed by atoms with van der Waals surface area (Å²) in [6.45, 7) is 0. The Balaban J connectivity index is 1.90. The molecule has 2 rings (SSSR count). The number of carbonyl (C=O) groups excluding carboxylic acids is 2. The number of carbonyl (C=O) groups is 2. The molecule has 0 atom stereocenters. The fourth-order valence-electron chi connectivity index (χ4n) is 1.41. The van der Waals surface area contributed by atoms with Crippen molar-refractivity contribution in [2.45, 2.75) is 0 Å². The van der Waals surface area contributed by atoms with E-state index in [1.165, 1.54) is 21.5 Å². The minimum atomic E-state index is -0.796. The highest BCUT2D eigenvalue weighted by Gasteiger charge is 2.09. The first-order chi connectivity index (χ1) is 10.3. The molecule has 4 N–H and O–H groups in total. The number of ether oxygens (including phenoxy) is 2. The Morgan fingerprint density at radius 1 is 0.955 bits per heavy atom. The van der Waals surface area contributed by atoms with Crippen molar-refractivity contribution in [3.63, 3.8) is 0 Å². The summed E-state index contributed by atoms with van der Waals surface area (Å²) in [6, 6.07) is 0. The van der Waals surface area contributed by atoms with Crippen LogP contribution in [0.4, 0.5) is 11.9 Å². The van der Waals surface area contributed by atoms with E-state index >= 15 is 0 Å². The van der Waals surface area contributed by atoms with Gasteiger partial charge in [0.25, 0.3) is 0 Å². The summed E-state index contributed by atoms with van der Waals surface area (Å²) in [4.78, 5) is 30.6. The van der Waals surface area contributed by atoms with Crippen LogP contribution in [0.15, 0.2) is 24.5 Å². The van der Waals surface area contributed by atoms with Crippen molar-refractivity contribution < 1.29 is 19.1 Å². The highest BCUT2D eigenvalue weighted by molar-refractivity contribution is 5.93. The maximum Gasteiger partial charge on any atom is 0.337 e. The van der Waals surface area contributed by atoms with Crippen molar-refractivity contribution in [2.24, 2.45) is 14.1 Å². The van der Waals surface area contributed by atoms with Gasteiger partial charge in [-0.05, 0) is 0 Å². The predicted molar refractivity (Wildman–Crippen MR) is 75.7 cm³/mol. The van der Waals surface area contributed by atoms with Gasteiger partial charge in [-0.25, -0.2) is 9.59 Å². The Morgan fingerprint density at radius 3 is 1.59 bits per heavy atom. The van der Waals surface area contributed by atoms with Gasteiger partial charge in [-0.15, -0.1) is 0 Å². The topological polar surface area (TPSA) is 140 Å². The summed E-state index contributed by atoms with van der Waals surface area (Å²) in [6.07, 6.45) is 4.66. The first-order valence-electron chi connectivity index (χ1n) is 6.04. The van der Waals surface area contributed by atoms with Gasteiger partial charge in [0.1, 0.15) is 0 Å². The van der Waals surface area contributed by atoms with Crippen molar-refractivity contribution in [3.8, 4) is 11.8 Å². The van der Waals surface area contributed by atoms with Crippen LogP contribution in [-0.4, -0.2) is 31.0 Å². The van der Waals surface area contributed by atoms with Crippen LogP contribution in [0.1, 0.15) is 0 Å². The number of hydrogen-bond acceptors (Lipinski definition) is 8. The molecule has 0 amide bonds. The first kappa shape index (κ1) is 15.1. The van der Waals surface area contributed by atoms with Gasteiger partial charge >= 0.3 is 11.9 Å². The number of aryl methyl sites for hydroxylation is 2. The first-order valence-corrected chi connectivity index (χ1v) is 6.04. The maximum atomic E-state index is 11.5. The third-order valence-electron chi connectivity index (χ3n) is 2.55. The third kappa shape index (κ3) is 3.62. The molecule has 10 nitrogen and oxygen atoms in total. The highest BCUT2D eigenvalue weighted by Crippen LogP contribution is 2.12. The Morgan fingerprint density at radius 2 is 1.32 bits per heavy atom. The highest BCUT2D eigenvalue weighted by atomic mass is 16.5. The molecule has 0 aromatic carbocycles. The maximum absolute atomic E-state index is 11.5. The molecule has 0 bridgehead atoms. The molecule has 10 heteroatoms. The second-order valence-electron chi connectivity index (χ2n) is 4.27. The third-order valence-corrected chi connectivity index (χ3v) is 2.55.